The predicted molar refractivity (Wildman–Crippen MR) is 39.5 cm³/mol. The summed E-state index contributed by atoms with van der Waals surface area (Å²) in [6.07, 6.45) is 0. The fourth-order valence-electron chi connectivity index (χ4n) is 0.787. The van der Waals surface area contributed by atoms with E-state index in [9.17, 15) is 4.79 Å². The molecule has 66 valence electrons. The molecular formula is C6H9N3O3. The molecule has 0 unspecified atom stereocenters. The Morgan fingerprint density at radius 1 is 1.75 bits per heavy atom. The van der Waals surface area contributed by atoms with Crippen molar-refractivity contribution < 1.29 is 15.0 Å². The van der Waals surface area contributed by atoms with E-state index in [2.05, 4.69) is 5.10 Å². The third-order valence-corrected chi connectivity index (χ3v) is 1.32. The number of hydrogen-bond donors (Lipinski definition) is 3. The summed E-state index contributed by atoms with van der Waals surface area (Å²) >= 11 is 0. The lowest BCUT2D eigenvalue weighted by molar-refractivity contribution is 0.0994. The van der Waals surface area contributed by atoms with Gasteiger partial charge in [-0.05, 0) is 0 Å². The number of rotatable bonds is 3. The van der Waals surface area contributed by atoms with E-state index in [0.717, 1.165) is 10.7 Å². The van der Waals surface area contributed by atoms with Gasteiger partial charge in [0, 0.05) is 6.07 Å². The topological polar surface area (TPSA) is 101 Å². The van der Waals surface area contributed by atoms with Crippen LogP contribution in [0, 0.1) is 0 Å². The Balaban J connectivity index is 2.92. The van der Waals surface area contributed by atoms with Gasteiger partial charge in [0.1, 0.15) is 0 Å². The zero-order valence-electron chi connectivity index (χ0n) is 6.27. The average Bonchev–Trinajstić information content (AvgIpc) is 2.34. The van der Waals surface area contributed by atoms with Crippen molar-refractivity contribution in [3.8, 4) is 5.88 Å². The first-order valence-electron chi connectivity index (χ1n) is 3.32. The molecule has 6 nitrogen and oxygen atoms in total. The van der Waals surface area contributed by atoms with E-state index < -0.39 is 5.91 Å². The molecule has 0 aliphatic carbocycles. The minimum absolute atomic E-state index is 0.0130. The molecule has 0 saturated heterocycles. The van der Waals surface area contributed by atoms with Gasteiger partial charge in [-0.15, -0.1) is 0 Å². The number of aliphatic hydroxyl groups excluding tert-OH is 1. The van der Waals surface area contributed by atoms with Crippen LogP contribution in [0.15, 0.2) is 6.07 Å². The smallest absolute Gasteiger partial charge is 0.269 e. The summed E-state index contributed by atoms with van der Waals surface area (Å²) in [5, 5.41) is 21.2. The van der Waals surface area contributed by atoms with Crippen molar-refractivity contribution in [1.82, 2.24) is 9.78 Å². The maximum Gasteiger partial charge on any atom is 0.269 e. The third-order valence-electron chi connectivity index (χ3n) is 1.32. The van der Waals surface area contributed by atoms with Crippen LogP contribution in [0.3, 0.4) is 0 Å². The van der Waals surface area contributed by atoms with Gasteiger partial charge in [-0.1, -0.05) is 0 Å². The van der Waals surface area contributed by atoms with E-state index in [1.807, 2.05) is 0 Å². The van der Waals surface area contributed by atoms with Crippen LogP contribution in [0.1, 0.15) is 10.5 Å². The Kier molecular flexibility index (Phi) is 2.29. The molecule has 1 rings (SSSR count). The zero-order chi connectivity index (χ0) is 9.14. The van der Waals surface area contributed by atoms with Gasteiger partial charge in [-0.2, -0.15) is 5.10 Å². The van der Waals surface area contributed by atoms with Crippen molar-refractivity contribution in [3.05, 3.63) is 11.8 Å². The van der Waals surface area contributed by atoms with Gasteiger partial charge in [0.2, 0.25) is 5.88 Å². The van der Waals surface area contributed by atoms with E-state index in [1.54, 1.807) is 0 Å². The van der Waals surface area contributed by atoms with Gasteiger partial charge >= 0.3 is 0 Å². The summed E-state index contributed by atoms with van der Waals surface area (Å²) in [7, 11) is 0. The second-order valence-corrected chi connectivity index (χ2v) is 2.20. The molecule has 12 heavy (non-hydrogen) atoms. The standard InChI is InChI=1S/C6H9N3O3/c7-6(12)4-3-5(11)9(8-4)1-2-10/h3,10-11H,1-2H2,(H2,7,12). The van der Waals surface area contributed by atoms with Crippen LogP contribution >= 0.6 is 0 Å². The summed E-state index contributed by atoms with van der Waals surface area (Å²) in [5.74, 6) is -0.889. The number of aromatic hydroxyl groups is 1. The molecule has 0 radical (unpaired) electrons. The summed E-state index contributed by atoms with van der Waals surface area (Å²) in [6, 6.07) is 1.15. The summed E-state index contributed by atoms with van der Waals surface area (Å²) < 4.78 is 1.10. The van der Waals surface area contributed by atoms with E-state index >= 15 is 0 Å². The highest BCUT2D eigenvalue weighted by Crippen LogP contribution is 2.09. The second kappa shape index (κ2) is 3.22. The third kappa shape index (κ3) is 1.54. The fraction of sp³-hybridized carbons (Fsp3) is 0.333. The van der Waals surface area contributed by atoms with Gasteiger partial charge in [0.25, 0.3) is 5.91 Å². The molecule has 0 aliphatic rings. The number of nitrogens with zero attached hydrogens (tertiary/aromatic N) is 2. The Morgan fingerprint density at radius 2 is 2.42 bits per heavy atom. The number of aliphatic hydroxyl groups is 1. The second-order valence-electron chi connectivity index (χ2n) is 2.20. The van der Waals surface area contributed by atoms with Gasteiger partial charge in [0.05, 0.1) is 13.2 Å². The van der Waals surface area contributed by atoms with Crippen LogP contribution in [-0.4, -0.2) is 32.5 Å². The summed E-state index contributed by atoms with van der Waals surface area (Å²) in [6.45, 7) is -0.0213. The van der Waals surface area contributed by atoms with Crippen molar-refractivity contribution in [1.29, 1.82) is 0 Å². The average molecular weight is 171 g/mol. The Hall–Kier alpha value is -1.56. The van der Waals surface area contributed by atoms with Crippen molar-refractivity contribution in [2.75, 3.05) is 6.61 Å². The Morgan fingerprint density at radius 3 is 2.83 bits per heavy atom. The van der Waals surface area contributed by atoms with Crippen molar-refractivity contribution >= 4 is 5.91 Å². The van der Waals surface area contributed by atoms with Crippen LogP contribution < -0.4 is 5.73 Å². The number of primary amides is 1. The first kappa shape index (κ1) is 8.54. The first-order valence-corrected chi connectivity index (χ1v) is 3.32. The molecule has 0 bridgehead atoms. The highest BCUT2D eigenvalue weighted by Gasteiger charge is 2.09. The predicted octanol–water partition coefficient (Wildman–Crippen LogP) is -1.32. The normalized spacial score (nSPS) is 10.1. The maximum atomic E-state index is 10.5. The van der Waals surface area contributed by atoms with E-state index in [0.29, 0.717) is 0 Å². The molecule has 0 atom stereocenters. The summed E-state index contributed by atoms with van der Waals surface area (Å²) in [4.78, 5) is 10.5. The first-order chi connectivity index (χ1) is 5.65. The van der Waals surface area contributed by atoms with E-state index in [1.165, 1.54) is 0 Å². The summed E-state index contributed by atoms with van der Waals surface area (Å²) in [5.41, 5.74) is 4.89. The van der Waals surface area contributed by atoms with Gasteiger partial charge in [-0.3, -0.25) is 4.79 Å². The van der Waals surface area contributed by atoms with Crippen LogP contribution in [0.2, 0.25) is 0 Å². The highest BCUT2D eigenvalue weighted by molar-refractivity contribution is 5.90. The molecule has 6 heteroatoms. The molecular weight excluding hydrogens is 162 g/mol. The fourth-order valence-corrected chi connectivity index (χ4v) is 0.787. The monoisotopic (exact) mass is 171 g/mol. The molecule has 4 N–H and O–H groups in total. The molecule has 0 fully saturated rings. The molecule has 1 aromatic heterocycles. The van der Waals surface area contributed by atoms with Crippen LogP contribution in [0.4, 0.5) is 0 Å². The van der Waals surface area contributed by atoms with Crippen molar-refractivity contribution in [2.45, 2.75) is 6.54 Å². The van der Waals surface area contributed by atoms with Gasteiger partial charge < -0.3 is 15.9 Å². The molecule has 0 aliphatic heterocycles. The van der Waals surface area contributed by atoms with E-state index in [-0.39, 0.29) is 24.7 Å². The minimum atomic E-state index is -0.706. The number of nitrogens with two attached hydrogens (primary N) is 1. The SMILES string of the molecule is NC(=O)c1cc(O)n(CCO)n1. The molecule has 0 saturated carbocycles. The van der Waals surface area contributed by atoms with Gasteiger partial charge in [-0.25, -0.2) is 4.68 Å². The Labute approximate surface area is 68.2 Å². The van der Waals surface area contributed by atoms with Gasteiger partial charge in [0.15, 0.2) is 5.69 Å². The largest absolute Gasteiger partial charge is 0.493 e. The maximum absolute atomic E-state index is 10.5. The number of carbonyl (C=O) groups is 1. The molecule has 0 spiro atoms. The number of amides is 1. The molecule has 1 aromatic rings. The van der Waals surface area contributed by atoms with Crippen molar-refractivity contribution in [2.24, 2.45) is 5.73 Å². The van der Waals surface area contributed by atoms with E-state index in [4.69, 9.17) is 15.9 Å². The molecule has 1 amide bonds. The minimum Gasteiger partial charge on any atom is -0.493 e. The van der Waals surface area contributed by atoms with Crippen LogP contribution in [0.25, 0.3) is 0 Å². The Bertz CT molecular complexity index is 294. The lowest BCUT2D eigenvalue weighted by Crippen LogP contribution is -2.13. The number of aromatic nitrogens is 2. The highest BCUT2D eigenvalue weighted by atomic mass is 16.3. The lowest BCUT2D eigenvalue weighted by Gasteiger charge is -1.97. The van der Waals surface area contributed by atoms with Crippen molar-refractivity contribution in [3.63, 3.8) is 0 Å². The number of carbonyl (C=O) groups excluding carboxylic acids is 1. The number of hydrogen-bond acceptors (Lipinski definition) is 4. The van der Waals surface area contributed by atoms with Crippen LogP contribution in [-0.2, 0) is 6.54 Å². The quantitative estimate of drug-likeness (QED) is 0.525. The molecule has 1 heterocycles. The zero-order valence-corrected chi connectivity index (χ0v) is 6.27. The lowest BCUT2D eigenvalue weighted by atomic mass is 10.4. The van der Waals surface area contributed by atoms with Crippen LogP contribution in [0.5, 0.6) is 5.88 Å². The molecule has 0 aromatic carbocycles.